The number of hydrogen-bond acceptors (Lipinski definition) is 6. The van der Waals surface area contributed by atoms with E-state index in [4.69, 9.17) is 9.25 Å². The first-order chi connectivity index (χ1) is 13.7. The van der Waals surface area contributed by atoms with Crippen LogP contribution in [-0.4, -0.2) is 10.7 Å². The van der Waals surface area contributed by atoms with Gasteiger partial charge in [-0.15, -0.1) is 11.3 Å². The van der Waals surface area contributed by atoms with Crippen LogP contribution in [0.4, 0.5) is 0 Å². The van der Waals surface area contributed by atoms with Crippen LogP contribution in [0.25, 0.3) is 22.2 Å². The van der Waals surface area contributed by atoms with Gasteiger partial charge in [0.15, 0.2) is 6.10 Å². The Kier molecular flexibility index (Phi) is 4.06. The zero-order chi connectivity index (χ0) is 19.1. The van der Waals surface area contributed by atoms with Gasteiger partial charge in [-0.05, 0) is 24.6 Å². The average molecular weight is 388 g/mol. The van der Waals surface area contributed by atoms with Crippen LogP contribution >= 0.6 is 11.3 Å². The van der Waals surface area contributed by atoms with Gasteiger partial charge in [0.2, 0.25) is 0 Å². The van der Waals surface area contributed by atoms with Crippen molar-refractivity contribution < 1.29 is 9.25 Å². The smallest absolute Gasteiger partial charge is 0.345 e. The minimum atomic E-state index is -0.391. The van der Waals surface area contributed by atoms with E-state index in [0.717, 1.165) is 21.7 Å². The van der Waals surface area contributed by atoms with Gasteiger partial charge in [-0.2, -0.15) is 0 Å². The zero-order valence-corrected chi connectivity index (χ0v) is 15.9. The van der Waals surface area contributed by atoms with Gasteiger partial charge in [-0.1, -0.05) is 53.2 Å². The third kappa shape index (κ3) is 3.01. The molecule has 4 aromatic rings. The van der Waals surface area contributed by atoms with Crippen molar-refractivity contribution in [1.82, 2.24) is 4.98 Å². The summed E-state index contributed by atoms with van der Waals surface area (Å²) in [5.74, 6) is 0. The minimum absolute atomic E-state index is 0.103. The summed E-state index contributed by atoms with van der Waals surface area (Å²) in [6, 6.07) is 17.5. The molecule has 0 amide bonds. The van der Waals surface area contributed by atoms with Crippen LogP contribution in [-0.2, 0) is 4.84 Å². The van der Waals surface area contributed by atoms with Gasteiger partial charge in [0.1, 0.15) is 16.3 Å². The molecule has 138 valence electrons. The van der Waals surface area contributed by atoms with Crippen molar-refractivity contribution in [3.63, 3.8) is 0 Å². The van der Waals surface area contributed by atoms with Crippen LogP contribution in [0.15, 0.2) is 74.3 Å². The number of hydrogen-bond donors (Lipinski definition) is 0. The molecule has 0 saturated heterocycles. The van der Waals surface area contributed by atoms with Crippen LogP contribution in [0.1, 0.15) is 28.7 Å². The summed E-state index contributed by atoms with van der Waals surface area (Å²) >= 11 is 1.45. The van der Waals surface area contributed by atoms with Crippen molar-refractivity contribution in [3.8, 4) is 11.3 Å². The Hall–Kier alpha value is -3.25. The number of para-hydroxylation sites is 1. The summed E-state index contributed by atoms with van der Waals surface area (Å²) in [5.41, 5.74) is 4.33. The molecule has 0 aliphatic carbocycles. The summed E-state index contributed by atoms with van der Waals surface area (Å²) in [4.78, 5) is 22.6. The van der Waals surface area contributed by atoms with Gasteiger partial charge in [0.25, 0.3) is 0 Å². The SMILES string of the molecule is Cc1ccc(C2CC(c3nc(-c4cc5ccccc5oc4=O)cs3)=NO2)cc1. The molecular formula is C22H16N2O3S. The molecule has 5 nitrogen and oxygen atoms in total. The van der Waals surface area contributed by atoms with Gasteiger partial charge in [0.05, 0.1) is 11.3 Å². The Labute approximate surface area is 164 Å². The molecule has 0 bridgehead atoms. The molecule has 0 fully saturated rings. The predicted octanol–water partition coefficient (Wildman–Crippen LogP) is 5.09. The number of aromatic nitrogens is 1. The topological polar surface area (TPSA) is 64.7 Å². The maximum absolute atomic E-state index is 12.4. The quantitative estimate of drug-likeness (QED) is 0.459. The molecule has 1 aliphatic rings. The van der Waals surface area contributed by atoms with Gasteiger partial charge >= 0.3 is 5.63 Å². The van der Waals surface area contributed by atoms with Gasteiger partial charge in [0, 0.05) is 17.2 Å². The van der Waals surface area contributed by atoms with E-state index in [0.29, 0.717) is 23.3 Å². The Morgan fingerprint density at radius 1 is 1.11 bits per heavy atom. The fourth-order valence-electron chi connectivity index (χ4n) is 3.23. The lowest BCUT2D eigenvalue weighted by molar-refractivity contribution is 0.0857. The minimum Gasteiger partial charge on any atom is -0.422 e. The van der Waals surface area contributed by atoms with Crippen LogP contribution in [0.2, 0.25) is 0 Å². The van der Waals surface area contributed by atoms with Crippen molar-refractivity contribution in [2.45, 2.75) is 19.4 Å². The van der Waals surface area contributed by atoms with E-state index in [1.165, 1.54) is 16.9 Å². The molecule has 0 N–H and O–H groups in total. The molecule has 2 aromatic carbocycles. The lowest BCUT2D eigenvalue weighted by Crippen LogP contribution is -2.04. The summed E-state index contributed by atoms with van der Waals surface area (Å²) in [7, 11) is 0. The molecule has 3 heterocycles. The zero-order valence-electron chi connectivity index (χ0n) is 15.1. The second-order valence-electron chi connectivity index (χ2n) is 6.77. The number of benzene rings is 2. The molecule has 1 unspecified atom stereocenters. The van der Waals surface area contributed by atoms with E-state index < -0.39 is 5.63 Å². The van der Waals surface area contributed by atoms with E-state index >= 15 is 0 Å². The maximum Gasteiger partial charge on any atom is 0.345 e. The van der Waals surface area contributed by atoms with E-state index in [1.54, 1.807) is 6.07 Å². The number of thiazole rings is 1. The summed E-state index contributed by atoms with van der Waals surface area (Å²) < 4.78 is 5.42. The first-order valence-corrected chi connectivity index (χ1v) is 9.84. The highest BCUT2D eigenvalue weighted by atomic mass is 32.1. The molecule has 0 saturated carbocycles. The highest BCUT2D eigenvalue weighted by Crippen LogP contribution is 2.31. The number of oxime groups is 1. The highest BCUT2D eigenvalue weighted by molar-refractivity contribution is 7.12. The lowest BCUT2D eigenvalue weighted by Gasteiger charge is -2.08. The highest BCUT2D eigenvalue weighted by Gasteiger charge is 2.26. The summed E-state index contributed by atoms with van der Waals surface area (Å²) in [5, 5.41) is 7.72. The Morgan fingerprint density at radius 3 is 2.79 bits per heavy atom. The Balaban J connectivity index is 1.42. The first-order valence-electron chi connectivity index (χ1n) is 8.96. The molecule has 6 heteroatoms. The molecule has 0 spiro atoms. The van der Waals surface area contributed by atoms with Crippen LogP contribution in [0.3, 0.4) is 0 Å². The van der Waals surface area contributed by atoms with E-state index in [1.807, 2.05) is 29.6 Å². The van der Waals surface area contributed by atoms with E-state index in [-0.39, 0.29) is 6.10 Å². The third-order valence-electron chi connectivity index (χ3n) is 4.79. The van der Waals surface area contributed by atoms with Crippen molar-refractivity contribution in [1.29, 1.82) is 0 Å². The molecule has 1 atom stereocenters. The van der Waals surface area contributed by atoms with E-state index in [2.05, 4.69) is 41.3 Å². The van der Waals surface area contributed by atoms with Crippen molar-refractivity contribution in [3.05, 3.63) is 86.5 Å². The molecular weight excluding hydrogens is 372 g/mol. The fourth-order valence-corrected chi connectivity index (χ4v) is 4.04. The van der Waals surface area contributed by atoms with Crippen molar-refractivity contribution >= 4 is 28.0 Å². The van der Waals surface area contributed by atoms with Crippen molar-refractivity contribution in [2.24, 2.45) is 5.16 Å². The molecule has 28 heavy (non-hydrogen) atoms. The predicted molar refractivity (Wildman–Crippen MR) is 110 cm³/mol. The van der Waals surface area contributed by atoms with Crippen LogP contribution < -0.4 is 5.63 Å². The third-order valence-corrected chi connectivity index (χ3v) is 5.68. The monoisotopic (exact) mass is 388 g/mol. The van der Waals surface area contributed by atoms with Crippen LogP contribution in [0, 0.1) is 6.92 Å². The van der Waals surface area contributed by atoms with E-state index in [9.17, 15) is 4.79 Å². The molecule has 5 rings (SSSR count). The van der Waals surface area contributed by atoms with Gasteiger partial charge < -0.3 is 9.25 Å². The standard InChI is InChI=1S/C22H16N2O3S/c1-13-6-8-14(9-7-13)20-11-17(24-27-20)21-23-18(12-28-21)16-10-15-4-2-3-5-19(15)26-22(16)25/h2-10,12,20H,11H2,1H3. The number of rotatable bonds is 3. The second-order valence-corrected chi connectivity index (χ2v) is 7.63. The van der Waals surface area contributed by atoms with Gasteiger partial charge in [-0.25, -0.2) is 9.78 Å². The van der Waals surface area contributed by atoms with Crippen molar-refractivity contribution in [2.75, 3.05) is 0 Å². The molecule has 2 aromatic heterocycles. The van der Waals surface area contributed by atoms with Crippen LogP contribution in [0.5, 0.6) is 0 Å². The van der Waals surface area contributed by atoms with Gasteiger partial charge in [-0.3, -0.25) is 0 Å². The second kappa shape index (κ2) is 6.73. The molecule has 1 aliphatic heterocycles. The Morgan fingerprint density at radius 2 is 1.93 bits per heavy atom. The summed E-state index contributed by atoms with van der Waals surface area (Å²) in [6.07, 6.45) is 0.552. The average Bonchev–Trinajstić information content (AvgIpc) is 3.38. The Bertz CT molecular complexity index is 1250. The number of nitrogens with zero attached hydrogens (tertiary/aromatic N) is 2. The first kappa shape index (κ1) is 16.9. The normalized spacial score (nSPS) is 16.2. The number of aryl methyl sites for hydroxylation is 1. The lowest BCUT2D eigenvalue weighted by atomic mass is 10.0. The fraction of sp³-hybridized carbons (Fsp3) is 0.136. The largest absolute Gasteiger partial charge is 0.422 e. The number of fused-ring (bicyclic) bond motifs is 1. The molecule has 0 radical (unpaired) electrons. The maximum atomic E-state index is 12.4. The summed E-state index contributed by atoms with van der Waals surface area (Å²) in [6.45, 7) is 2.06.